The molecule has 0 aromatic carbocycles. The van der Waals surface area contributed by atoms with Crippen molar-refractivity contribution in [3.8, 4) is 0 Å². The molecule has 0 unspecified atom stereocenters. The summed E-state index contributed by atoms with van der Waals surface area (Å²) in [4.78, 5) is 102. The van der Waals surface area contributed by atoms with Crippen LogP contribution < -0.4 is 0 Å². The number of hydroxylamine groups is 4. The topological polar surface area (TPSA) is 289 Å². The third-order valence-electron chi connectivity index (χ3n) is 4.91. The van der Waals surface area contributed by atoms with E-state index in [0.717, 1.165) is 0 Å². The predicted molar refractivity (Wildman–Crippen MR) is 116 cm³/mol. The van der Waals surface area contributed by atoms with Gasteiger partial charge < -0.3 is 19.1 Å². The van der Waals surface area contributed by atoms with E-state index in [0.29, 0.717) is 0 Å². The SMILES string of the molecule is O=C(CCC(=O)ON1C(=O)C[C@H](S(=O)(=O)O)C1=O)OCCOC(=O)CCC(=O)ON1C(=O)C[C@H](S(=O)(=O)O)C1=O. The molecule has 2 aliphatic heterocycles. The number of hydrogen-bond donors (Lipinski definition) is 2. The van der Waals surface area contributed by atoms with Crippen LogP contribution in [0.4, 0.5) is 0 Å². The summed E-state index contributed by atoms with van der Waals surface area (Å²) in [6, 6.07) is 0. The summed E-state index contributed by atoms with van der Waals surface area (Å²) in [5, 5.41) is -4.52. The molecule has 0 aromatic rings. The highest BCUT2D eigenvalue weighted by Gasteiger charge is 2.49. The van der Waals surface area contributed by atoms with E-state index in [1.165, 1.54) is 0 Å². The van der Waals surface area contributed by atoms with Crippen LogP contribution in [0.2, 0.25) is 0 Å². The molecule has 0 saturated carbocycles. The largest absolute Gasteiger partial charge is 0.462 e. The molecule has 2 atom stereocenters. The molecule has 222 valence electrons. The van der Waals surface area contributed by atoms with Gasteiger partial charge in [-0.15, -0.1) is 10.1 Å². The first-order chi connectivity index (χ1) is 18.4. The Labute approximate surface area is 223 Å². The summed E-state index contributed by atoms with van der Waals surface area (Å²) in [7, 11) is -9.82. The zero-order valence-electron chi connectivity index (χ0n) is 19.9. The van der Waals surface area contributed by atoms with Gasteiger partial charge in [0, 0.05) is 0 Å². The lowest BCUT2D eigenvalue weighted by atomic mass is 10.3. The van der Waals surface area contributed by atoms with Gasteiger partial charge in [0.05, 0.1) is 38.5 Å². The van der Waals surface area contributed by atoms with Crippen molar-refractivity contribution >= 4 is 67.7 Å². The second-order valence-electron chi connectivity index (χ2n) is 7.84. The standard InChI is InChI=1S/C18H20N2O18S2/c21-11-7-9(39(29,30)31)17(27)19(11)37-15(25)3-1-13(23)35-5-6-36-14(24)2-4-16(26)38-20-12(22)8-10(18(20)28)40(32,33)34/h9-10H,1-8H2,(H,29,30,31)(H,32,33,34)/t9-,10-/m0/s1. The fourth-order valence-corrected chi connectivity index (χ4v) is 4.39. The van der Waals surface area contributed by atoms with E-state index in [-0.39, 0.29) is 10.1 Å². The Kier molecular flexibility index (Phi) is 10.4. The van der Waals surface area contributed by atoms with Crippen LogP contribution in [0.1, 0.15) is 38.5 Å². The Morgan fingerprint density at radius 2 is 0.925 bits per heavy atom. The van der Waals surface area contributed by atoms with Crippen molar-refractivity contribution in [2.45, 2.75) is 49.0 Å². The number of hydrogen-bond acceptors (Lipinski definition) is 16. The molecule has 0 bridgehead atoms. The van der Waals surface area contributed by atoms with Gasteiger partial charge in [0.1, 0.15) is 13.2 Å². The summed E-state index contributed by atoms with van der Waals surface area (Å²) in [5.41, 5.74) is 0. The summed E-state index contributed by atoms with van der Waals surface area (Å²) in [6.07, 6.45) is -4.54. The molecule has 40 heavy (non-hydrogen) atoms. The number of amides is 4. The van der Waals surface area contributed by atoms with E-state index in [1.807, 2.05) is 0 Å². The zero-order valence-corrected chi connectivity index (χ0v) is 21.6. The lowest BCUT2D eigenvalue weighted by Crippen LogP contribution is -2.36. The molecule has 0 spiro atoms. The van der Waals surface area contributed by atoms with E-state index < -0.39 is 130 Å². The molecule has 2 N–H and O–H groups in total. The number of rotatable bonds is 13. The second-order valence-corrected chi connectivity index (χ2v) is 11.0. The van der Waals surface area contributed by atoms with E-state index >= 15 is 0 Å². The highest BCUT2D eigenvalue weighted by Crippen LogP contribution is 2.21. The van der Waals surface area contributed by atoms with Crippen LogP contribution in [-0.4, -0.2) is 107 Å². The number of imide groups is 2. The fraction of sp³-hybridized carbons (Fsp3) is 0.556. The zero-order chi connectivity index (χ0) is 30.4. The molecule has 0 aromatic heterocycles. The highest BCUT2D eigenvalue weighted by molar-refractivity contribution is 7.87. The molecule has 2 aliphatic rings. The van der Waals surface area contributed by atoms with Crippen molar-refractivity contribution in [1.29, 1.82) is 0 Å². The summed E-state index contributed by atoms with van der Waals surface area (Å²) in [5.74, 6) is -9.95. The summed E-state index contributed by atoms with van der Waals surface area (Å²) in [6.45, 7) is -1.01. The van der Waals surface area contributed by atoms with Crippen molar-refractivity contribution in [3.63, 3.8) is 0 Å². The van der Waals surface area contributed by atoms with Crippen LogP contribution >= 0.6 is 0 Å². The molecule has 2 fully saturated rings. The van der Waals surface area contributed by atoms with Gasteiger partial charge in [0.2, 0.25) is 0 Å². The third kappa shape index (κ3) is 8.75. The van der Waals surface area contributed by atoms with Crippen molar-refractivity contribution in [1.82, 2.24) is 10.1 Å². The summed E-state index contributed by atoms with van der Waals surface area (Å²) < 4.78 is 71.3. The number of carbonyl (C=O) groups is 8. The molecule has 22 heteroatoms. The van der Waals surface area contributed by atoms with E-state index in [9.17, 15) is 55.2 Å². The van der Waals surface area contributed by atoms with Gasteiger partial charge in [-0.05, 0) is 0 Å². The fourth-order valence-electron chi connectivity index (χ4n) is 2.98. The first-order valence-electron chi connectivity index (χ1n) is 10.8. The Hall–Kier alpha value is -4.02. The Bertz CT molecular complexity index is 1230. The number of esters is 2. The number of nitrogens with zero attached hydrogens (tertiary/aromatic N) is 2. The molecule has 2 heterocycles. The van der Waals surface area contributed by atoms with Crippen LogP contribution in [0.3, 0.4) is 0 Å². The van der Waals surface area contributed by atoms with E-state index in [4.69, 9.17) is 9.11 Å². The van der Waals surface area contributed by atoms with Gasteiger partial charge in [-0.1, -0.05) is 0 Å². The normalized spacial score (nSPS) is 19.6. The van der Waals surface area contributed by atoms with Crippen molar-refractivity contribution in [2.24, 2.45) is 0 Å². The van der Waals surface area contributed by atoms with Crippen LogP contribution in [0.25, 0.3) is 0 Å². The molecule has 20 nitrogen and oxygen atoms in total. The van der Waals surface area contributed by atoms with Crippen molar-refractivity contribution < 1.29 is 83.4 Å². The van der Waals surface area contributed by atoms with Gasteiger partial charge in [0.25, 0.3) is 43.9 Å². The maximum Gasteiger partial charge on any atom is 0.333 e. The highest BCUT2D eigenvalue weighted by atomic mass is 32.2. The second kappa shape index (κ2) is 12.9. The lowest BCUT2D eigenvalue weighted by Gasteiger charge is -2.13. The Morgan fingerprint density at radius 1 is 0.625 bits per heavy atom. The first kappa shape index (κ1) is 32.2. The number of ether oxygens (including phenoxy) is 2. The van der Waals surface area contributed by atoms with Gasteiger partial charge in [-0.2, -0.15) is 16.8 Å². The van der Waals surface area contributed by atoms with Crippen molar-refractivity contribution in [3.05, 3.63) is 0 Å². The Balaban J connectivity index is 1.62. The van der Waals surface area contributed by atoms with Crippen LogP contribution in [-0.2, 0) is 77.7 Å². The van der Waals surface area contributed by atoms with Crippen LogP contribution in [0.5, 0.6) is 0 Å². The maximum atomic E-state index is 11.8. The quantitative estimate of drug-likeness (QED) is 0.0881. The van der Waals surface area contributed by atoms with Gasteiger partial charge in [-0.3, -0.25) is 37.9 Å². The molecular formula is C18H20N2O18S2. The van der Waals surface area contributed by atoms with Crippen LogP contribution in [0, 0.1) is 0 Å². The molecule has 2 saturated heterocycles. The first-order valence-corrected chi connectivity index (χ1v) is 13.8. The maximum absolute atomic E-state index is 11.8. The molecule has 0 aliphatic carbocycles. The van der Waals surface area contributed by atoms with Gasteiger partial charge in [-0.25, -0.2) is 9.59 Å². The van der Waals surface area contributed by atoms with Gasteiger partial charge in [0.15, 0.2) is 10.5 Å². The van der Waals surface area contributed by atoms with Crippen LogP contribution in [0.15, 0.2) is 0 Å². The van der Waals surface area contributed by atoms with Crippen molar-refractivity contribution in [2.75, 3.05) is 13.2 Å². The smallest absolute Gasteiger partial charge is 0.333 e. The molecule has 2 rings (SSSR count). The minimum Gasteiger partial charge on any atom is -0.462 e. The lowest BCUT2D eigenvalue weighted by molar-refractivity contribution is -0.197. The average Bonchev–Trinajstić information content (AvgIpc) is 3.29. The minimum atomic E-state index is -4.91. The third-order valence-corrected chi connectivity index (χ3v) is 7.08. The summed E-state index contributed by atoms with van der Waals surface area (Å²) >= 11 is 0. The van der Waals surface area contributed by atoms with E-state index in [1.54, 1.807) is 0 Å². The average molecular weight is 616 g/mol. The minimum absolute atomic E-state index is 0.140. The molecule has 4 amide bonds. The molecular weight excluding hydrogens is 596 g/mol. The Morgan fingerprint density at radius 3 is 1.20 bits per heavy atom. The monoisotopic (exact) mass is 616 g/mol. The predicted octanol–water partition coefficient (Wildman–Crippen LogP) is -3.42. The van der Waals surface area contributed by atoms with Gasteiger partial charge >= 0.3 is 23.9 Å². The van der Waals surface area contributed by atoms with E-state index in [2.05, 4.69) is 19.1 Å². The number of carbonyl (C=O) groups excluding carboxylic acids is 8. The molecule has 0 radical (unpaired) electrons.